The Kier molecular flexibility index (Phi) is 5.07. The first-order valence-electron chi connectivity index (χ1n) is 10.3. The van der Waals surface area contributed by atoms with Crippen molar-refractivity contribution in [1.29, 1.82) is 0 Å². The zero-order valence-electron chi connectivity index (χ0n) is 17.3. The predicted molar refractivity (Wildman–Crippen MR) is 119 cm³/mol. The fraction of sp³-hybridized carbons (Fsp3) is 0.261. The highest BCUT2D eigenvalue weighted by molar-refractivity contribution is 7.10. The van der Waals surface area contributed by atoms with E-state index in [9.17, 15) is 4.79 Å². The van der Waals surface area contributed by atoms with E-state index in [-0.39, 0.29) is 11.9 Å². The molecule has 156 valence electrons. The molecular formula is C23H22N6OS. The third-order valence-corrected chi connectivity index (χ3v) is 6.39. The van der Waals surface area contributed by atoms with Crippen molar-refractivity contribution in [1.82, 2.24) is 30.3 Å². The molecule has 1 amide bonds. The number of hydrogen-bond acceptors (Lipinski definition) is 6. The molecule has 1 aliphatic rings. The van der Waals surface area contributed by atoms with Gasteiger partial charge >= 0.3 is 0 Å². The van der Waals surface area contributed by atoms with Crippen LogP contribution in [0, 0.1) is 6.92 Å². The Labute approximate surface area is 184 Å². The van der Waals surface area contributed by atoms with Crippen LogP contribution in [0.5, 0.6) is 0 Å². The number of benzene rings is 1. The first-order chi connectivity index (χ1) is 15.1. The van der Waals surface area contributed by atoms with Gasteiger partial charge in [-0.2, -0.15) is 0 Å². The first kappa shape index (κ1) is 19.6. The van der Waals surface area contributed by atoms with Gasteiger partial charge in [0.15, 0.2) is 5.69 Å². The van der Waals surface area contributed by atoms with Crippen molar-refractivity contribution in [3.05, 3.63) is 76.1 Å². The van der Waals surface area contributed by atoms with Gasteiger partial charge in [0.2, 0.25) is 0 Å². The number of aromatic nitrogens is 5. The van der Waals surface area contributed by atoms with Gasteiger partial charge in [0, 0.05) is 29.3 Å². The summed E-state index contributed by atoms with van der Waals surface area (Å²) in [5, 5.41) is 14.4. The highest BCUT2D eigenvalue weighted by atomic mass is 32.1. The molecule has 3 aromatic heterocycles. The standard InChI is InChI=1S/C23H22N6OS/c1-14-5-9-18(10-6-14)29-21(16-7-8-16)20(27-28-29)22(30)25-15(2)23-26-19(13-31-23)17-4-3-11-24-12-17/h3-6,9-13,15-16H,7-8H2,1-2H3,(H,25,30). The van der Waals surface area contributed by atoms with Crippen LogP contribution < -0.4 is 5.32 Å². The third kappa shape index (κ3) is 3.98. The molecule has 1 aliphatic carbocycles. The van der Waals surface area contributed by atoms with Crippen LogP contribution in [0.4, 0.5) is 0 Å². The number of pyridine rings is 1. The van der Waals surface area contributed by atoms with E-state index in [1.807, 2.05) is 55.6 Å². The normalized spacial score (nSPS) is 14.4. The van der Waals surface area contributed by atoms with E-state index in [0.717, 1.165) is 40.5 Å². The van der Waals surface area contributed by atoms with E-state index in [2.05, 4.69) is 25.6 Å². The summed E-state index contributed by atoms with van der Waals surface area (Å²) in [7, 11) is 0. The average molecular weight is 431 g/mol. The van der Waals surface area contributed by atoms with Crippen LogP contribution in [0.2, 0.25) is 0 Å². The maximum atomic E-state index is 13.1. The molecule has 1 fully saturated rings. The summed E-state index contributed by atoms with van der Waals surface area (Å²) in [6, 6.07) is 11.7. The minimum atomic E-state index is -0.237. The molecule has 0 saturated heterocycles. The minimum Gasteiger partial charge on any atom is -0.342 e. The molecule has 0 aliphatic heterocycles. The molecular weight excluding hydrogens is 408 g/mol. The molecule has 0 radical (unpaired) electrons. The van der Waals surface area contributed by atoms with E-state index >= 15 is 0 Å². The van der Waals surface area contributed by atoms with E-state index in [0.29, 0.717) is 11.6 Å². The second kappa shape index (κ2) is 8.03. The number of carbonyl (C=O) groups excluding carboxylic acids is 1. The summed E-state index contributed by atoms with van der Waals surface area (Å²) in [5.74, 6) is 0.107. The summed E-state index contributed by atoms with van der Waals surface area (Å²) < 4.78 is 1.81. The number of rotatable bonds is 6. The third-order valence-electron chi connectivity index (χ3n) is 5.36. The lowest BCUT2D eigenvalue weighted by molar-refractivity contribution is 0.0933. The Morgan fingerprint density at radius 3 is 2.74 bits per heavy atom. The van der Waals surface area contributed by atoms with Crippen molar-refractivity contribution >= 4 is 17.2 Å². The van der Waals surface area contributed by atoms with Crippen LogP contribution in [0.1, 0.15) is 58.5 Å². The second-order valence-corrected chi connectivity index (χ2v) is 8.74. The van der Waals surface area contributed by atoms with Crippen molar-refractivity contribution in [2.75, 3.05) is 0 Å². The van der Waals surface area contributed by atoms with Crippen LogP contribution in [-0.2, 0) is 0 Å². The minimum absolute atomic E-state index is 0.217. The molecule has 3 heterocycles. The molecule has 4 aromatic rings. The van der Waals surface area contributed by atoms with Crippen molar-refractivity contribution in [2.24, 2.45) is 0 Å². The zero-order valence-corrected chi connectivity index (χ0v) is 18.1. The van der Waals surface area contributed by atoms with Crippen LogP contribution in [0.25, 0.3) is 16.9 Å². The van der Waals surface area contributed by atoms with Gasteiger partial charge < -0.3 is 5.32 Å². The van der Waals surface area contributed by atoms with E-state index < -0.39 is 0 Å². The molecule has 31 heavy (non-hydrogen) atoms. The molecule has 0 spiro atoms. The molecule has 8 heteroatoms. The number of carbonyl (C=O) groups is 1. The largest absolute Gasteiger partial charge is 0.342 e. The van der Waals surface area contributed by atoms with E-state index in [1.54, 1.807) is 17.1 Å². The number of nitrogens with one attached hydrogen (secondary N) is 1. The number of amides is 1. The molecule has 1 atom stereocenters. The molecule has 1 N–H and O–H groups in total. The highest BCUT2D eigenvalue weighted by Gasteiger charge is 2.34. The van der Waals surface area contributed by atoms with Crippen LogP contribution in [0.3, 0.4) is 0 Å². The summed E-state index contributed by atoms with van der Waals surface area (Å²) >= 11 is 1.52. The summed E-state index contributed by atoms with van der Waals surface area (Å²) in [6.45, 7) is 3.98. The Balaban J connectivity index is 1.37. The molecule has 7 nitrogen and oxygen atoms in total. The molecule has 1 unspecified atom stereocenters. The average Bonchev–Trinajstić information content (AvgIpc) is 3.33. The van der Waals surface area contributed by atoms with Gasteiger partial charge in [0.05, 0.1) is 23.1 Å². The van der Waals surface area contributed by atoms with E-state index in [1.165, 1.54) is 16.9 Å². The predicted octanol–water partition coefficient (Wildman–Crippen LogP) is 4.46. The Bertz CT molecular complexity index is 1210. The van der Waals surface area contributed by atoms with E-state index in [4.69, 9.17) is 0 Å². The van der Waals surface area contributed by atoms with Crippen molar-refractivity contribution in [3.63, 3.8) is 0 Å². The summed E-state index contributed by atoms with van der Waals surface area (Å²) in [4.78, 5) is 21.9. The van der Waals surface area contributed by atoms with Gasteiger partial charge in [-0.15, -0.1) is 16.4 Å². The fourth-order valence-corrected chi connectivity index (χ4v) is 4.35. The van der Waals surface area contributed by atoms with Crippen molar-refractivity contribution in [3.8, 4) is 16.9 Å². The van der Waals surface area contributed by atoms with Gasteiger partial charge in [-0.1, -0.05) is 22.9 Å². The first-order valence-corrected chi connectivity index (χ1v) is 11.2. The van der Waals surface area contributed by atoms with Gasteiger partial charge in [-0.05, 0) is 51.0 Å². The summed E-state index contributed by atoms with van der Waals surface area (Å²) in [6.07, 6.45) is 5.63. The van der Waals surface area contributed by atoms with Crippen LogP contribution in [-0.4, -0.2) is 30.9 Å². The molecule has 5 rings (SSSR count). The lowest BCUT2D eigenvalue weighted by Crippen LogP contribution is -2.28. The molecule has 1 saturated carbocycles. The molecule has 1 aromatic carbocycles. The maximum Gasteiger partial charge on any atom is 0.274 e. The SMILES string of the molecule is Cc1ccc(-n2nnc(C(=O)NC(C)c3nc(-c4cccnc4)cs3)c2C2CC2)cc1. The number of nitrogens with zero attached hydrogens (tertiary/aromatic N) is 5. The topological polar surface area (TPSA) is 85.6 Å². The molecule has 0 bridgehead atoms. The van der Waals surface area contributed by atoms with Crippen LogP contribution in [0.15, 0.2) is 54.2 Å². The quantitative estimate of drug-likeness (QED) is 0.488. The Hall–Kier alpha value is -3.39. The van der Waals surface area contributed by atoms with Crippen molar-refractivity contribution < 1.29 is 4.79 Å². The maximum absolute atomic E-state index is 13.1. The van der Waals surface area contributed by atoms with Crippen molar-refractivity contribution in [2.45, 2.75) is 38.6 Å². The van der Waals surface area contributed by atoms with Crippen LogP contribution >= 0.6 is 11.3 Å². The van der Waals surface area contributed by atoms with Gasteiger partial charge in [0.1, 0.15) is 5.01 Å². The monoisotopic (exact) mass is 430 g/mol. The second-order valence-electron chi connectivity index (χ2n) is 7.85. The van der Waals surface area contributed by atoms with Gasteiger partial charge in [-0.3, -0.25) is 9.78 Å². The zero-order chi connectivity index (χ0) is 21.4. The Morgan fingerprint density at radius 2 is 2.03 bits per heavy atom. The fourth-order valence-electron chi connectivity index (χ4n) is 3.51. The van der Waals surface area contributed by atoms with Gasteiger partial charge in [0.25, 0.3) is 5.91 Å². The smallest absolute Gasteiger partial charge is 0.274 e. The lowest BCUT2D eigenvalue weighted by Gasteiger charge is -2.11. The highest BCUT2D eigenvalue weighted by Crippen LogP contribution is 2.42. The number of hydrogen-bond donors (Lipinski definition) is 1. The Morgan fingerprint density at radius 1 is 1.23 bits per heavy atom. The van der Waals surface area contributed by atoms with Gasteiger partial charge in [-0.25, -0.2) is 9.67 Å². The number of aryl methyl sites for hydroxylation is 1. The summed E-state index contributed by atoms with van der Waals surface area (Å²) in [5.41, 5.74) is 5.22. The number of thiazole rings is 1. The lowest BCUT2D eigenvalue weighted by atomic mass is 10.2.